The highest BCUT2D eigenvalue weighted by atomic mass is 32.2. The van der Waals surface area contributed by atoms with Crippen LogP contribution in [0.25, 0.3) is 6.08 Å². The van der Waals surface area contributed by atoms with Crippen LogP contribution in [0.15, 0.2) is 29.2 Å². The Labute approximate surface area is 148 Å². The molecule has 2 rings (SSSR count). The average Bonchev–Trinajstić information content (AvgIpc) is 2.58. The van der Waals surface area contributed by atoms with Crippen molar-refractivity contribution >= 4 is 22.0 Å². The molecule has 1 aromatic rings. The Hall–Kier alpha value is -1.90. The van der Waals surface area contributed by atoms with E-state index in [-0.39, 0.29) is 28.8 Å². The zero-order chi connectivity index (χ0) is 18.6. The third kappa shape index (κ3) is 4.81. The first-order valence-electron chi connectivity index (χ1n) is 8.01. The lowest BCUT2D eigenvalue weighted by Gasteiger charge is -2.34. The van der Waals surface area contributed by atoms with Crippen LogP contribution in [0, 0.1) is 0 Å². The summed E-state index contributed by atoms with van der Waals surface area (Å²) in [6, 6.07) is 4.73. The van der Waals surface area contributed by atoms with Crippen molar-refractivity contribution in [2.45, 2.75) is 31.0 Å². The summed E-state index contributed by atoms with van der Waals surface area (Å²) < 4.78 is 37.2. The minimum absolute atomic E-state index is 0.00513. The number of amides is 1. The molecule has 1 fully saturated rings. The van der Waals surface area contributed by atoms with E-state index in [2.05, 4.69) is 4.72 Å². The van der Waals surface area contributed by atoms with Crippen LogP contribution in [0.2, 0.25) is 0 Å². The fraction of sp³-hybridized carbons (Fsp3) is 0.471. The Kier molecular flexibility index (Phi) is 6.21. The molecule has 1 aromatic carbocycles. The molecule has 1 aliphatic rings. The lowest BCUT2D eigenvalue weighted by atomic mass is 10.2. The number of hydrogen-bond donors (Lipinski definition) is 1. The van der Waals surface area contributed by atoms with Gasteiger partial charge < -0.3 is 14.4 Å². The van der Waals surface area contributed by atoms with Crippen LogP contribution in [0.4, 0.5) is 0 Å². The summed E-state index contributed by atoms with van der Waals surface area (Å²) in [5.74, 6) is 0.115. The first-order chi connectivity index (χ1) is 11.8. The van der Waals surface area contributed by atoms with Gasteiger partial charge in [-0.1, -0.05) is 6.07 Å². The molecule has 138 valence electrons. The van der Waals surface area contributed by atoms with Gasteiger partial charge in [-0.25, -0.2) is 13.1 Å². The Morgan fingerprint density at radius 2 is 1.96 bits per heavy atom. The van der Waals surface area contributed by atoms with Gasteiger partial charge in [0.2, 0.25) is 15.9 Å². The van der Waals surface area contributed by atoms with Crippen LogP contribution in [-0.4, -0.2) is 58.7 Å². The van der Waals surface area contributed by atoms with Crippen molar-refractivity contribution in [2.75, 3.05) is 27.2 Å². The molecule has 8 heteroatoms. The molecule has 0 aromatic heterocycles. The molecule has 0 saturated carbocycles. The molecule has 2 unspecified atom stereocenters. The molecular formula is C17H24N2O5S. The van der Waals surface area contributed by atoms with Gasteiger partial charge in [0, 0.05) is 19.2 Å². The van der Waals surface area contributed by atoms with Crippen LogP contribution < -0.4 is 9.46 Å². The number of nitrogens with one attached hydrogen (secondary N) is 1. The highest BCUT2D eigenvalue weighted by Crippen LogP contribution is 2.25. The first-order valence-corrected chi connectivity index (χ1v) is 9.49. The molecular weight excluding hydrogens is 344 g/mol. The Bertz CT molecular complexity index is 750. The molecule has 0 aliphatic carbocycles. The number of rotatable bonds is 5. The predicted octanol–water partition coefficient (Wildman–Crippen LogP) is 1.25. The zero-order valence-corrected chi connectivity index (χ0v) is 15.7. The highest BCUT2D eigenvalue weighted by Gasteiger charge is 2.24. The number of hydrogen-bond acceptors (Lipinski definition) is 5. The number of morpholine rings is 1. The SMILES string of the molecule is CNS(=O)(=O)c1cc(/C=C/C(=O)N2CC(C)OC(C)C2)ccc1OC. The van der Waals surface area contributed by atoms with E-state index in [1.807, 2.05) is 13.8 Å². The molecule has 1 amide bonds. The molecule has 1 aliphatic heterocycles. The Morgan fingerprint density at radius 1 is 1.32 bits per heavy atom. The number of methoxy groups -OCH3 is 1. The van der Waals surface area contributed by atoms with Crippen molar-refractivity contribution in [1.82, 2.24) is 9.62 Å². The monoisotopic (exact) mass is 368 g/mol. The van der Waals surface area contributed by atoms with E-state index >= 15 is 0 Å². The van der Waals surface area contributed by atoms with Gasteiger partial charge in [-0.3, -0.25) is 4.79 Å². The van der Waals surface area contributed by atoms with Gasteiger partial charge >= 0.3 is 0 Å². The molecule has 0 spiro atoms. The topological polar surface area (TPSA) is 84.9 Å². The summed E-state index contributed by atoms with van der Waals surface area (Å²) in [7, 11) is -0.916. The van der Waals surface area contributed by atoms with Crippen molar-refractivity contribution in [3.05, 3.63) is 29.8 Å². The largest absolute Gasteiger partial charge is 0.495 e. The summed E-state index contributed by atoms with van der Waals surface area (Å²) in [6.07, 6.45) is 3.03. The molecule has 1 saturated heterocycles. The number of sulfonamides is 1. The van der Waals surface area contributed by atoms with Gasteiger partial charge in [0.15, 0.2) is 0 Å². The molecule has 7 nitrogen and oxygen atoms in total. The van der Waals surface area contributed by atoms with Gasteiger partial charge in [0.05, 0.1) is 19.3 Å². The minimum Gasteiger partial charge on any atom is -0.495 e. The van der Waals surface area contributed by atoms with E-state index < -0.39 is 10.0 Å². The second kappa shape index (κ2) is 7.99. The van der Waals surface area contributed by atoms with Crippen LogP contribution in [0.3, 0.4) is 0 Å². The smallest absolute Gasteiger partial charge is 0.246 e. The van der Waals surface area contributed by atoms with Crippen LogP contribution in [0.5, 0.6) is 5.75 Å². The Morgan fingerprint density at radius 3 is 2.52 bits per heavy atom. The third-order valence-corrected chi connectivity index (χ3v) is 5.33. The van der Waals surface area contributed by atoms with E-state index in [0.717, 1.165) is 0 Å². The quantitative estimate of drug-likeness (QED) is 0.791. The fourth-order valence-electron chi connectivity index (χ4n) is 2.75. The van der Waals surface area contributed by atoms with E-state index in [0.29, 0.717) is 18.7 Å². The van der Waals surface area contributed by atoms with Crippen molar-refractivity contribution < 1.29 is 22.7 Å². The molecule has 2 atom stereocenters. The predicted molar refractivity (Wildman–Crippen MR) is 94.9 cm³/mol. The number of nitrogens with zero attached hydrogens (tertiary/aromatic N) is 1. The number of carbonyl (C=O) groups excluding carboxylic acids is 1. The maximum Gasteiger partial charge on any atom is 0.246 e. The summed E-state index contributed by atoms with van der Waals surface area (Å²) in [6.45, 7) is 4.93. The normalized spacial score (nSPS) is 21.5. The summed E-state index contributed by atoms with van der Waals surface area (Å²) in [4.78, 5) is 14.1. The molecule has 1 heterocycles. The second-order valence-electron chi connectivity index (χ2n) is 5.95. The number of benzene rings is 1. The third-order valence-electron chi connectivity index (χ3n) is 3.90. The highest BCUT2D eigenvalue weighted by molar-refractivity contribution is 7.89. The minimum atomic E-state index is -3.66. The summed E-state index contributed by atoms with van der Waals surface area (Å²) in [5, 5.41) is 0. The van der Waals surface area contributed by atoms with Gasteiger partial charge in [-0.15, -0.1) is 0 Å². The zero-order valence-electron chi connectivity index (χ0n) is 14.9. The molecule has 0 bridgehead atoms. The van der Waals surface area contributed by atoms with Crippen molar-refractivity contribution in [3.63, 3.8) is 0 Å². The van der Waals surface area contributed by atoms with E-state index in [9.17, 15) is 13.2 Å². The standard InChI is InChI=1S/C17H24N2O5S/c1-12-10-19(11-13(2)24-12)17(20)8-6-14-5-7-15(23-4)16(9-14)25(21,22)18-3/h5-9,12-13,18H,10-11H2,1-4H3/b8-6+. The lowest BCUT2D eigenvalue weighted by Crippen LogP contribution is -2.47. The van der Waals surface area contributed by atoms with E-state index in [4.69, 9.17) is 9.47 Å². The van der Waals surface area contributed by atoms with Gasteiger partial charge in [-0.05, 0) is 44.7 Å². The van der Waals surface area contributed by atoms with Gasteiger partial charge in [-0.2, -0.15) is 0 Å². The van der Waals surface area contributed by atoms with E-state index in [1.165, 1.54) is 26.3 Å². The van der Waals surface area contributed by atoms with Crippen LogP contribution >= 0.6 is 0 Å². The van der Waals surface area contributed by atoms with Crippen LogP contribution in [-0.2, 0) is 19.6 Å². The second-order valence-corrected chi connectivity index (χ2v) is 7.81. The summed E-state index contributed by atoms with van der Waals surface area (Å²) >= 11 is 0. The maximum absolute atomic E-state index is 12.4. The van der Waals surface area contributed by atoms with Gasteiger partial charge in [0.1, 0.15) is 10.6 Å². The average molecular weight is 368 g/mol. The summed E-state index contributed by atoms with van der Waals surface area (Å²) in [5.41, 5.74) is 0.595. The van der Waals surface area contributed by atoms with Crippen molar-refractivity contribution in [3.8, 4) is 5.75 Å². The Balaban J connectivity index is 2.21. The molecule has 25 heavy (non-hydrogen) atoms. The lowest BCUT2D eigenvalue weighted by molar-refractivity contribution is -0.137. The first kappa shape index (κ1) is 19.4. The van der Waals surface area contributed by atoms with Gasteiger partial charge in [0.25, 0.3) is 0 Å². The fourth-order valence-corrected chi connectivity index (χ4v) is 3.68. The molecule has 1 N–H and O–H groups in total. The molecule has 0 radical (unpaired) electrons. The van der Waals surface area contributed by atoms with Crippen molar-refractivity contribution in [2.24, 2.45) is 0 Å². The number of ether oxygens (including phenoxy) is 2. The number of carbonyl (C=O) groups is 1. The van der Waals surface area contributed by atoms with Crippen LogP contribution in [0.1, 0.15) is 19.4 Å². The van der Waals surface area contributed by atoms with E-state index in [1.54, 1.807) is 23.1 Å². The van der Waals surface area contributed by atoms with Crippen molar-refractivity contribution in [1.29, 1.82) is 0 Å². The maximum atomic E-state index is 12.4.